The first-order chi connectivity index (χ1) is 9.11. The predicted molar refractivity (Wildman–Crippen MR) is 80.1 cm³/mol. The number of aliphatic hydroxyl groups is 1. The Bertz CT molecular complexity index is 551. The lowest BCUT2D eigenvalue weighted by Crippen LogP contribution is -2.09. The highest BCUT2D eigenvalue weighted by molar-refractivity contribution is 9.10. The van der Waals surface area contributed by atoms with E-state index in [1.807, 2.05) is 31.3 Å². The molecule has 4 heteroatoms. The number of imidazole rings is 1. The first-order valence-corrected chi connectivity index (χ1v) is 7.35. The summed E-state index contributed by atoms with van der Waals surface area (Å²) in [5.41, 5.74) is 2.07. The molecule has 0 amide bonds. The highest BCUT2D eigenvalue weighted by atomic mass is 79.9. The van der Waals surface area contributed by atoms with E-state index in [1.165, 1.54) is 0 Å². The second kappa shape index (κ2) is 6.35. The zero-order valence-corrected chi connectivity index (χ0v) is 12.9. The molecule has 1 aromatic carbocycles. The van der Waals surface area contributed by atoms with Crippen molar-refractivity contribution in [3.63, 3.8) is 0 Å². The Labute approximate surface area is 122 Å². The Kier molecular flexibility index (Phi) is 4.77. The molecule has 0 fully saturated rings. The number of halogens is 1. The van der Waals surface area contributed by atoms with E-state index in [9.17, 15) is 5.11 Å². The van der Waals surface area contributed by atoms with Crippen molar-refractivity contribution in [3.05, 3.63) is 52.0 Å². The first kappa shape index (κ1) is 14.3. The van der Waals surface area contributed by atoms with Gasteiger partial charge in [0.1, 0.15) is 5.82 Å². The summed E-state index contributed by atoms with van der Waals surface area (Å²) in [6, 6.07) is 5.95. The maximum atomic E-state index is 10.3. The summed E-state index contributed by atoms with van der Waals surface area (Å²) >= 11 is 3.47. The van der Waals surface area contributed by atoms with Gasteiger partial charge in [0, 0.05) is 29.8 Å². The van der Waals surface area contributed by atoms with Crippen molar-refractivity contribution in [3.8, 4) is 0 Å². The van der Waals surface area contributed by atoms with E-state index in [-0.39, 0.29) is 0 Å². The minimum absolute atomic E-state index is 0.509. The summed E-state index contributed by atoms with van der Waals surface area (Å²) in [4.78, 5) is 4.33. The van der Waals surface area contributed by atoms with Crippen LogP contribution < -0.4 is 0 Å². The Balaban J connectivity index is 2.13. The molecule has 1 N–H and O–H groups in total. The normalized spacial score (nSPS) is 12.6. The van der Waals surface area contributed by atoms with Gasteiger partial charge in [-0.25, -0.2) is 4.98 Å². The number of rotatable bonds is 5. The van der Waals surface area contributed by atoms with Crippen LogP contribution in [-0.4, -0.2) is 14.7 Å². The Morgan fingerprint density at radius 3 is 2.89 bits per heavy atom. The predicted octanol–water partition coefficient (Wildman–Crippen LogP) is 3.64. The maximum absolute atomic E-state index is 10.3. The van der Waals surface area contributed by atoms with Gasteiger partial charge in [0.15, 0.2) is 0 Å². The van der Waals surface area contributed by atoms with Gasteiger partial charge < -0.3 is 9.67 Å². The first-order valence-electron chi connectivity index (χ1n) is 6.56. The lowest BCUT2D eigenvalue weighted by atomic mass is 10.0. The number of hydrogen-bond acceptors (Lipinski definition) is 2. The van der Waals surface area contributed by atoms with Gasteiger partial charge in [-0.15, -0.1) is 0 Å². The van der Waals surface area contributed by atoms with Crippen LogP contribution in [0.15, 0.2) is 35.1 Å². The van der Waals surface area contributed by atoms with Crippen molar-refractivity contribution in [1.29, 1.82) is 0 Å². The highest BCUT2D eigenvalue weighted by Crippen LogP contribution is 2.23. The van der Waals surface area contributed by atoms with Gasteiger partial charge in [-0.3, -0.25) is 0 Å². The largest absolute Gasteiger partial charge is 0.388 e. The second-order valence-electron chi connectivity index (χ2n) is 4.77. The molecule has 2 aromatic rings. The lowest BCUT2D eigenvalue weighted by molar-refractivity contribution is 0.174. The summed E-state index contributed by atoms with van der Waals surface area (Å²) < 4.78 is 3.17. The fourth-order valence-corrected chi connectivity index (χ4v) is 2.39. The maximum Gasteiger partial charge on any atom is 0.111 e. The third-order valence-electron chi connectivity index (χ3n) is 3.21. The summed E-state index contributed by atoms with van der Waals surface area (Å²) in [6.45, 7) is 5.11. The molecular formula is C15H19BrN2O. The molecule has 0 aliphatic heterocycles. The summed E-state index contributed by atoms with van der Waals surface area (Å²) in [5, 5.41) is 10.3. The average Bonchev–Trinajstić information content (AvgIpc) is 2.80. The smallest absolute Gasteiger partial charge is 0.111 e. The highest BCUT2D eigenvalue weighted by Gasteiger charge is 2.13. The van der Waals surface area contributed by atoms with E-state index in [4.69, 9.17) is 0 Å². The van der Waals surface area contributed by atoms with Crippen LogP contribution in [0.5, 0.6) is 0 Å². The van der Waals surface area contributed by atoms with Crippen LogP contribution in [0, 0.1) is 6.92 Å². The molecule has 1 heterocycles. The van der Waals surface area contributed by atoms with Gasteiger partial charge in [-0.05, 0) is 30.5 Å². The molecule has 0 aliphatic carbocycles. The summed E-state index contributed by atoms with van der Waals surface area (Å²) in [6.07, 6.45) is 4.87. The zero-order chi connectivity index (χ0) is 13.8. The molecule has 19 heavy (non-hydrogen) atoms. The number of hydrogen-bond donors (Lipinski definition) is 1. The van der Waals surface area contributed by atoms with Gasteiger partial charge in [0.05, 0.1) is 6.10 Å². The minimum Gasteiger partial charge on any atom is -0.388 e. The monoisotopic (exact) mass is 322 g/mol. The van der Waals surface area contributed by atoms with Gasteiger partial charge in [-0.2, -0.15) is 0 Å². The Morgan fingerprint density at radius 1 is 1.42 bits per heavy atom. The van der Waals surface area contributed by atoms with E-state index in [0.717, 1.165) is 34.4 Å². The van der Waals surface area contributed by atoms with Crippen LogP contribution in [0.25, 0.3) is 0 Å². The lowest BCUT2D eigenvalue weighted by Gasteiger charge is -2.13. The van der Waals surface area contributed by atoms with Crippen molar-refractivity contribution in [2.24, 2.45) is 0 Å². The van der Waals surface area contributed by atoms with Gasteiger partial charge >= 0.3 is 0 Å². The van der Waals surface area contributed by atoms with Crippen molar-refractivity contribution < 1.29 is 5.11 Å². The van der Waals surface area contributed by atoms with Crippen LogP contribution in [0.2, 0.25) is 0 Å². The molecule has 3 nitrogen and oxygen atoms in total. The van der Waals surface area contributed by atoms with E-state index < -0.39 is 6.10 Å². The third kappa shape index (κ3) is 3.45. The molecule has 0 saturated heterocycles. The van der Waals surface area contributed by atoms with E-state index in [1.54, 1.807) is 6.20 Å². The molecule has 1 aromatic heterocycles. The van der Waals surface area contributed by atoms with Gasteiger partial charge in [0.2, 0.25) is 0 Å². The van der Waals surface area contributed by atoms with Crippen molar-refractivity contribution in [2.45, 2.75) is 39.3 Å². The van der Waals surface area contributed by atoms with Crippen LogP contribution in [0.1, 0.15) is 36.4 Å². The molecule has 0 bridgehead atoms. The molecule has 0 saturated carbocycles. The Morgan fingerprint density at radius 2 is 2.21 bits per heavy atom. The quantitative estimate of drug-likeness (QED) is 0.912. The molecule has 2 rings (SSSR count). The van der Waals surface area contributed by atoms with Crippen LogP contribution >= 0.6 is 15.9 Å². The molecule has 1 unspecified atom stereocenters. The Hall–Kier alpha value is -1.13. The van der Waals surface area contributed by atoms with Crippen molar-refractivity contribution in [2.75, 3.05) is 0 Å². The van der Waals surface area contributed by atoms with Crippen molar-refractivity contribution in [1.82, 2.24) is 9.55 Å². The number of nitrogens with zero attached hydrogens (tertiary/aromatic N) is 2. The SMILES string of the molecule is CCCn1ccnc1CC(O)c1ccc(Br)c(C)c1. The number of benzene rings is 1. The minimum atomic E-state index is -0.509. The molecule has 102 valence electrons. The summed E-state index contributed by atoms with van der Waals surface area (Å²) in [7, 11) is 0. The number of aliphatic hydroxyl groups excluding tert-OH is 1. The fraction of sp³-hybridized carbons (Fsp3) is 0.400. The zero-order valence-electron chi connectivity index (χ0n) is 11.3. The average molecular weight is 323 g/mol. The number of aryl methyl sites for hydroxylation is 2. The third-order valence-corrected chi connectivity index (χ3v) is 4.10. The topological polar surface area (TPSA) is 38.0 Å². The van der Waals surface area contributed by atoms with Crippen molar-refractivity contribution >= 4 is 15.9 Å². The molecular weight excluding hydrogens is 304 g/mol. The van der Waals surface area contributed by atoms with Crippen LogP contribution in [0.4, 0.5) is 0 Å². The molecule has 1 atom stereocenters. The summed E-state index contributed by atoms with van der Waals surface area (Å²) in [5.74, 6) is 0.940. The molecule has 0 aliphatic rings. The van der Waals surface area contributed by atoms with Gasteiger partial charge in [-0.1, -0.05) is 35.0 Å². The fourth-order valence-electron chi connectivity index (χ4n) is 2.14. The molecule has 0 radical (unpaired) electrons. The van der Waals surface area contributed by atoms with Gasteiger partial charge in [0.25, 0.3) is 0 Å². The van der Waals surface area contributed by atoms with Crippen LogP contribution in [-0.2, 0) is 13.0 Å². The standard InChI is InChI=1S/C15H19BrN2O/c1-3-7-18-8-6-17-15(18)10-14(19)12-4-5-13(16)11(2)9-12/h4-6,8-9,14,19H,3,7,10H2,1-2H3. The number of aromatic nitrogens is 2. The van der Waals surface area contributed by atoms with E-state index in [2.05, 4.69) is 32.4 Å². The van der Waals surface area contributed by atoms with E-state index >= 15 is 0 Å². The van der Waals surface area contributed by atoms with E-state index in [0.29, 0.717) is 6.42 Å². The molecule has 0 spiro atoms. The van der Waals surface area contributed by atoms with Crippen LogP contribution in [0.3, 0.4) is 0 Å². The second-order valence-corrected chi connectivity index (χ2v) is 5.62.